The number of nitrogens with zero attached hydrogens (tertiary/aromatic N) is 2. The Morgan fingerprint density at radius 2 is 1.58 bits per heavy atom. The Hall–Kier alpha value is -0.340. The topological polar surface area (TPSA) is 6.48 Å². The van der Waals surface area contributed by atoms with Gasteiger partial charge in [-0.3, -0.25) is 0 Å². The lowest BCUT2D eigenvalue weighted by atomic mass is 10.5. The van der Waals surface area contributed by atoms with E-state index in [1.165, 1.54) is 0 Å². The van der Waals surface area contributed by atoms with Crippen molar-refractivity contribution in [3.63, 3.8) is 0 Å². The summed E-state index contributed by atoms with van der Waals surface area (Å²) in [6.07, 6.45) is 1.93. The van der Waals surface area contributed by atoms with Gasteiger partial charge in [-0.15, -0.1) is 6.58 Å². The van der Waals surface area contributed by atoms with Gasteiger partial charge in [0.1, 0.15) is 0 Å². The summed E-state index contributed by atoms with van der Waals surface area (Å²) in [5, 5.41) is 0. The molecule has 0 heterocycles. The molecule has 0 bridgehead atoms. The van der Waals surface area contributed by atoms with Gasteiger partial charge in [0, 0.05) is 19.6 Å². The van der Waals surface area contributed by atoms with Crippen LogP contribution in [-0.4, -0.2) is 50.6 Å². The Labute approximate surface area is 77.9 Å². The quantitative estimate of drug-likeness (QED) is 0.582. The van der Waals surface area contributed by atoms with Gasteiger partial charge in [0.2, 0.25) is 0 Å². The fourth-order valence-corrected chi connectivity index (χ4v) is 0.682. The lowest BCUT2D eigenvalue weighted by Crippen LogP contribution is -2.28. The molecule has 0 aliphatic heterocycles. The van der Waals surface area contributed by atoms with E-state index in [9.17, 15) is 0 Å². The molecule has 0 fully saturated rings. The average molecular weight is 172 g/mol. The van der Waals surface area contributed by atoms with Crippen LogP contribution in [0.5, 0.6) is 0 Å². The first-order chi connectivity index (χ1) is 5.66. The van der Waals surface area contributed by atoms with Gasteiger partial charge in [-0.25, -0.2) is 0 Å². The maximum atomic E-state index is 3.67. The van der Waals surface area contributed by atoms with Gasteiger partial charge in [0.25, 0.3) is 0 Å². The summed E-state index contributed by atoms with van der Waals surface area (Å²) in [6.45, 7) is 10.9. The molecule has 0 radical (unpaired) electrons. The molecule has 0 aromatic carbocycles. The van der Waals surface area contributed by atoms with Crippen molar-refractivity contribution in [1.29, 1.82) is 0 Å². The third kappa shape index (κ3) is 12.3. The van der Waals surface area contributed by atoms with Crippen molar-refractivity contribution in [3.8, 4) is 0 Å². The van der Waals surface area contributed by atoms with E-state index in [1.54, 1.807) is 0 Å². The zero-order chi connectivity index (χ0) is 9.98. The minimum atomic E-state index is 0.980. The molecule has 0 saturated heterocycles. The Bertz CT molecular complexity index is 89.8. The van der Waals surface area contributed by atoms with Crippen molar-refractivity contribution >= 4 is 0 Å². The Morgan fingerprint density at radius 1 is 1.08 bits per heavy atom. The summed E-state index contributed by atoms with van der Waals surface area (Å²) < 4.78 is 0. The number of likely N-dealkylation sites (N-methyl/N-ethyl adjacent to an activating group) is 2. The molecular formula is C10H24N2. The van der Waals surface area contributed by atoms with E-state index in [-0.39, 0.29) is 0 Å². The maximum Gasteiger partial charge on any atom is 0.0158 e. The van der Waals surface area contributed by atoms with Crippen molar-refractivity contribution in [2.75, 3.05) is 40.8 Å². The minimum absolute atomic E-state index is 0.980. The zero-order valence-corrected chi connectivity index (χ0v) is 9.30. The molecule has 0 rings (SSSR count). The summed E-state index contributed by atoms with van der Waals surface area (Å²) >= 11 is 0. The predicted molar refractivity (Wildman–Crippen MR) is 57.6 cm³/mol. The van der Waals surface area contributed by atoms with Crippen LogP contribution in [0.3, 0.4) is 0 Å². The van der Waals surface area contributed by atoms with Crippen LogP contribution in [0, 0.1) is 0 Å². The lowest BCUT2D eigenvalue weighted by Gasteiger charge is -2.16. The van der Waals surface area contributed by atoms with E-state index >= 15 is 0 Å². The first kappa shape index (κ1) is 14.2. The summed E-state index contributed by atoms with van der Waals surface area (Å²) in [7, 11) is 6.27. The van der Waals surface area contributed by atoms with Crippen molar-refractivity contribution in [2.24, 2.45) is 0 Å². The largest absolute Gasteiger partial charge is 0.308 e. The van der Waals surface area contributed by atoms with E-state index in [0.29, 0.717) is 0 Å². The Kier molecular flexibility index (Phi) is 12.6. The molecule has 0 aromatic rings. The van der Waals surface area contributed by atoms with E-state index in [0.717, 1.165) is 19.6 Å². The standard InChI is InChI=1S/C8H18N2.C2H6/c1-5-6-10(4)8-7-9(2)3;1-2/h5H,1,6-8H2,2-4H3;1-2H3. The van der Waals surface area contributed by atoms with Gasteiger partial charge in [0.15, 0.2) is 0 Å². The monoisotopic (exact) mass is 172 g/mol. The maximum absolute atomic E-state index is 3.67. The van der Waals surface area contributed by atoms with Crippen LogP contribution in [0.2, 0.25) is 0 Å². The molecule has 2 heteroatoms. The van der Waals surface area contributed by atoms with E-state index < -0.39 is 0 Å². The van der Waals surface area contributed by atoms with Crippen molar-refractivity contribution in [1.82, 2.24) is 9.80 Å². The molecule has 0 spiro atoms. The van der Waals surface area contributed by atoms with Crippen molar-refractivity contribution < 1.29 is 0 Å². The highest BCUT2D eigenvalue weighted by Gasteiger charge is 1.94. The highest BCUT2D eigenvalue weighted by atomic mass is 15.1. The van der Waals surface area contributed by atoms with Crippen LogP contribution in [-0.2, 0) is 0 Å². The van der Waals surface area contributed by atoms with Gasteiger partial charge < -0.3 is 9.80 Å². The van der Waals surface area contributed by atoms with Crippen LogP contribution in [0.1, 0.15) is 13.8 Å². The third-order valence-electron chi connectivity index (χ3n) is 1.37. The number of rotatable bonds is 5. The Balaban J connectivity index is 0. The molecule has 74 valence electrons. The van der Waals surface area contributed by atoms with Crippen LogP contribution in [0.25, 0.3) is 0 Å². The van der Waals surface area contributed by atoms with E-state index in [4.69, 9.17) is 0 Å². The van der Waals surface area contributed by atoms with Crippen molar-refractivity contribution in [3.05, 3.63) is 12.7 Å². The molecule has 0 amide bonds. The number of hydrogen-bond acceptors (Lipinski definition) is 2. The van der Waals surface area contributed by atoms with E-state index in [1.807, 2.05) is 19.9 Å². The second-order valence-corrected chi connectivity index (χ2v) is 2.85. The van der Waals surface area contributed by atoms with Crippen LogP contribution in [0.15, 0.2) is 12.7 Å². The lowest BCUT2D eigenvalue weighted by molar-refractivity contribution is 0.302. The van der Waals surface area contributed by atoms with Crippen molar-refractivity contribution in [2.45, 2.75) is 13.8 Å². The molecular weight excluding hydrogens is 148 g/mol. The molecule has 0 aliphatic carbocycles. The average Bonchev–Trinajstić information content (AvgIpc) is 2.05. The SMILES string of the molecule is C=CCN(C)CCN(C)C.CC. The minimum Gasteiger partial charge on any atom is -0.308 e. The summed E-state index contributed by atoms with van der Waals surface area (Å²) in [5.74, 6) is 0. The molecule has 0 atom stereocenters. The number of hydrogen-bond donors (Lipinski definition) is 0. The molecule has 0 saturated carbocycles. The molecule has 0 aromatic heterocycles. The molecule has 12 heavy (non-hydrogen) atoms. The smallest absolute Gasteiger partial charge is 0.0158 e. The van der Waals surface area contributed by atoms with Crippen LogP contribution >= 0.6 is 0 Å². The highest BCUT2D eigenvalue weighted by Crippen LogP contribution is 1.82. The first-order valence-corrected chi connectivity index (χ1v) is 4.61. The fourth-order valence-electron chi connectivity index (χ4n) is 0.682. The summed E-state index contributed by atoms with van der Waals surface area (Å²) in [4.78, 5) is 4.42. The van der Waals surface area contributed by atoms with Crippen LogP contribution < -0.4 is 0 Å². The first-order valence-electron chi connectivity index (χ1n) is 4.61. The van der Waals surface area contributed by atoms with Crippen LogP contribution in [0.4, 0.5) is 0 Å². The summed E-state index contributed by atoms with van der Waals surface area (Å²) in [6, 6.07) is 0. The Morgan fingerprint density at radius 3 is 1.92 bits per heavy atom. The normalized spacial score (nSPS) is 9.58. The molecule has 0 aliphatic rings. The molecule has 0 N–H and O–H groups in total. The van der Waals surface area contributed by atoms with Gasteiger partial charge in [0.05, 0.1) is 0 Å². The van der Waals surface area contributed by atoms with E-state index in [2.05, 4.69) is 37.5 Å². The second-order valence-electron chi connectivity index (χ2n) is 2.85. The highest BCUT2D eigenvalue weighted by molar-refractivity contribution is 4.71. The molecule has 2 nitrogen and oxygen atoms in total. The predicted octanol–water partition coefficient (Wildman–Crippen LogP) is 1.69. The second kappa shape index (κ2) is 10.7. The third-order valence-corrected chi connectivity index (χ3v) is 1.37. The fraction of sp³-hybridized carbons (Fsp3) is 0.800. The van der Waals surface area contributed by atoms with Gasteiger partial charge in [-0.1, -0.05) is 19.9 Å². The summed E-state index contributed by atoms with van der Waals surface area (Å²) in [5.41, 5.74) is 0. The zero-order valence-electron chi connectivity index (χ0n) is 9.30. The van der Waals surface area contributed by atoms with Gasteiger partial charge in [-0.2, -0.15) is 0 Å². The van der Waals surface area contributed by atoms with Gasteiger partial charge in [-0.05, 0) is 21.1 Å². The van der Waals surface area contributed by atoms with Gasteiger partial charge >= 0.3 is 0 Å². The molecule has 0 unspecified atom stereocenters.